The normalized spacial score (nSPS) is 14.9. The van der Waals surface area contributed by atoms with Crippen LogP contribution in [0.4, 0.5) is 5.69 Å². The molecule has 3 heterocycles. The van der Waals surface area contributed by atoms with Crippen molar-refractivity contribution in [1.82, 2.24) is 24.7 Å². The summed E-state index contributed by atoms with van der Waals surface area (Å²) >= 11 is 0. The fourth-order valence-electron chi connectivity index (χ4n) is 4.66. The van der Waals surface area contributed by atoms with E-state index in [2.05, 4.69) is 93.2 Å². The van der Waals surface area contributed by atoms with Gasteiger partial charge in [-0.25, -0.2) is 0 Å². The molecule has 1 saturated heterocycles. The summed E-state index contributed by atoms with van der Waals surface area (Å²) in [4.78, 5) is 17.9. The van der Waals surface area contributed by atoms with Gasteiger partial charge in [-0.15, -0.1) is 0 Å². The van der Waals surface area contributed by atoms with Crippen LogP contribution < -0.4 is 4.90 Å². The van der Waals surface area contributed by atoms with Gasteiger partial charge in [-0.2, -0.15) is 5.26 Å². The van der Waals surface area contributed by atoms with Gasteiger partial charge in [-0.3, -0.25) is 19.8 Å². The van der Waals surface area contributed by atoms with Crippen molar-refractivity contribution in [3.8, 4) is 6.07 Å². The Labute approximate surface area is 209 Å². The van der Waals surface area contributed by atoms with E-state index in [1.54, 1.807) is 0 Å². The highest BCUT2D eigenvalue weighted by Crippen LogP contribution is 2.29. The molecule has 1 aliphatic rings. The lowest BCUT2D eigenvalue weighted by atomic mass is 9.98. The second-order valence-electron chi connectivity index (χ2n) is 9.45. The molecule has 0 amide bonds. The molecular formula is C28H35N7. The summed E-state index contributed by atoms with van der Waals surface area (Å²) in [5, 5.41) is 9.71. The molecule has 1 aliphatic heterocycles. The molecule has 0 N–H and O–H groups in total. The van der Waals surface area contributed by atoms with Crippen LogP contribution in [0.1, 0.15) is 28.3 Å². The Balaban J connectivity index is 1.45. The van der Waals surface area contributed by atoms with Gasteiger partial charge in [0.2, 0.25) is 0 Å². The van der Waals surface area contributed by atoms with Gasteiger partial charge in [0.25, 0.3) is 0 Å². The molecule has 1 fully saturated rings. The van der Waals surface area contributed by atoms with Crippen LogP contribution in [0.25, 0.3) is 0 Å². The minimum atomic E-state index is 0.187. The fraction of sp³-hybridized carbons (Fsp3) is 0.393. The number of likely N-dealkylation sites (N-methyl/N-ethyl adjacent to an activating group) is 2. The molecule has 0 spiro atoms. The predicted octanol–water partition coefficient (Wildman–Crippen LogP) is 3.25. The Morgan fingerprint density at radius 1 is 0.857 bits per heavy atom. The Bertz CT molecular complexity index is 1060. The van der Waals surface area contributed by atoms with Crippen molar-refractivity contribution >= 4 is 5.69 Å². The first-order valence-electron chi connectivity index (χ1n) is 12.2. The van der Waals surface area contributed by atoms with Gasteiger partial charge >= 0.3 is 0 Å². The second kappa shape index (κ2) is 11.9. The van der Waals surface area contributed by atoms with Crippen molar-refractivity contribution in [1.29, 1.82) is 5.26 Å². The second-order valence-corrected chi connectivity index (χ2v) is 9.45. The summed E-state index contributed by atoms with van der Waals surface area (Å²) in [6.45, 7) is 6.56. The Kier molecular flexibility index (Phi) is 8.43. The number of nitriles is 1. The molecule has 1 aromatic carbocycles. The first kappa shape index (κ1) is 24.8. The Hall–Kier alpha value is -3.31. The number of pyridine rings is 2. The predicted molar refractivity (Wildman–Crippen MR) is 140 cm³/mol. The van der Waals surface area contributed by atoms with Crippen LogP contribution in [0.3, 0.4) is 0 Å². The summed E-state index contributed by atoms with van der Waals surface area (Å²) in [5.74, 6) is 0. The van der Waals surface area contributed by atoms with Gasteiger partial charge < -0.3 is 9.80 Å². The molecule has 7 heteroatoms. The maximum absolute atomic E-state index is 9.71. The number of hydrogen-bond donors (Lipinski definition) is 0. The van der Waals surface area contributed by atoms with Crippen LogP contribution in [0, 0.1) is 11.3 Å². The molecule has 0 aliphatic carbocycles. The smallest absolute Gasteiger partial charge is 0.0995 e. The van der Waals surface area contributed by atoms with E-state index in [9.17, 15) is 5.26 Å². The Morgan fingerprint density at radius 2 is 1.46 bits per heavy atom. The summed E-state index contributed by atoms with van der Waals surface area (Å²) in [7, 11) is 6.29. The average Bonchev–Trinajstić information content (AvgIpc) is 2.89. The largest absolute Gasteiger partial charge is 0.373 e. The number of aromatic nitrogens is 2. The number of benzene rings is 1. The molecule has 35 heavy (non-hydrogen) atoms. The lowest BCUT2D eigenvalue weighted by Crippen LogP contribution is -2.47. The van der Waals surface area contributed by atoms with Gasteiger partial charge in [0.1, 0.15) is 0 Å². The van der Waals surface area contributed by atoms with Gasteiger partial charge in [-0.05, 0) is 73.3 Å². The molecule has 7 nitrogen and oxygen atoms in total. The zero-order valence-corrected chi connectivity index (χ0v) is 21.0. The van der Waals surface area contributed by atoms with Crippen LogP contribution in [-0.4, -0.2) is 85.1 Å². The molecule has 0 bridgehead atoms. The van der Waals surface area contributed by atoms with Crippen LogP contribution >= 0.6 is 0 Å². The van der Waals surface area contributed by atoms with E-state index >= 15 is 0 Å². The minimum Gasteiger partial charge on any atom is -0.373 e. The highest BCUT2D eigenvalue weighted by Gasteiger charge is 2.27. The number of rotatable bonds is 9. The van der Waals surface area contributed by atoms with E-state index in [4.69, 9.17) is 0 Å². The average molecular weight is 470 g/mol. The van der Waals surface area contributed by atoms with Crippen LogP contribution in [-0.2, 0) is 6.54 Å². The third-order valence-corrected chi connectivity index (χ3v) is 6.74. The van der Waals surface area contributed by atoms with E-state index in [0.29, 0.717) is 0 Å². The van der Waals surface area contributed by atoms with Crippen LogP contribution in [0.2, 0.25) is 0 Å². The molecule has 0 saturated carbocycles. The lowest BCUT2D eigenvalue weighted by molar-refractivity contribution is 0.105. The summed E-state index contributed by atoms with van der Waals surface area (Å²) in [6.07, 6.45) is 7.47. The van der Waals surface area contributed by atoms with Gasteiger partial charge in [0, 0.05) is 83.3 Å². The molecular weight excluding hydrogens is 434 g/mol. The fourth-order valence-corrected chi connectivity index (χ4v) is 4.66. The third-order valence-electron chi connectivity index (χ3n) is 6.74. The minimum absolute atomic E-state index is 0.187. The van der Waals surface area contributed by atoms with Crippen LogP contribution in [0.5, 0.6) is 0 Å². The van der Waals surface area contributed by atoms with Crippen molar-refractivity contribution in [3.63, 3.8) is 0 Å². The van der Waals surface area contributed by atoms with E-state index in [-0.39, 0.29) is 6.04 Å². The SMILES string of the molecule is CN(C)CCN(C)c1ccc(C#N)c(CN2CCN(C(c3ccncc3)c3ccncc3)CC2)c1. The van der Waals surface area contributed by atoms with Gasteiger partial charge in [0.05, 0.1) is 17.7 Å². The quantitative estimate of drug-likeness (QED) is 0.477. The van der Waals surface area contributed by atoms with Crippen molar-refractivity contribution in [3.05, 3.63) is 89.5 Å². The third kappa shape index (κ3) is 6.43. The molecule has 0 unspecified atom stereocenters. The van der Waals surface area contributed by atoms with Crippen molar-refractivity contribution in [2.75, 3.05) is 65.3 Å². The molecule has 182 valence electrons. The topological polar surface area (TPSA) is 62.5 Å². The number of nitrogens with zero attached hydrogens (tertiary/aromatic N) is 7. The van der Waals surface area contributed by atoms with Crippen molar-refractivity contribution in [2.24, 2.45) is 0 Å². The number of hydrogen-bond acceptors (Lipinski definition) is 7. The maximum Gasteiger partial charge on any atom is 0.0995 e. The molecule has 0 atom stereocenters. The van der Waals surface area contributed by atoms with E-state index in [1.807, 2.05) is 30.9 Å². The summed E-state index contributed by atoms with van der Waals surface area (Å²) in [5.41, 5.74) is 5.54. The molecule has 0 radical (unpaired) electrons. The first-order valence-corrected chi connectivity index (χ1v) is 12.2. The molecule has 4 rings (SSSR count). The molecule has 3 aromatic rings. The Morgan fingerprint density at radius 3 is 2.00 bits per heavy atom. The van der Waals surface area contributed by atoms with Gasteiger partial charge in [-0.1, -0.05) is 0 Å². The standard InChI is InChI=1S/C28H35N7/c1-32(2)14-15-33(3)27-5-4-25(21-29)26(20-27)22-34-16-18-35(19-17-34)28(23-6-10-30-11-7-23)24-8-12-31-13-9-24/h4-13,20,28H,14-19,22H2,1-3H3. The zero-order valence-electron chi connectivity index (χ0n) is 21.0. The number of piperazine rings is 1. The van der Waals surface area contributed by atoms with E-state index in [0.717, 1.165) is 62.6 Å². The van der Waals surface area contributed by atoms with Crippen LogP contribution in [0.15, 0.2) is 67.3 Å². The summed E-state index contributed by atoms with van der Waals surface area (Å²) in [6, 6.07) is 17.2. The lowest BCUT2D eigenvalue weighted by Gasteiger charge is -2.40. The zero-order chi connectivity index (χ0) is 24.6. The maximum atomic E-state index is 9.71. The highest BCUT2D eigenvalue weighted by atomic mass is 15.3. The van der Waals surface area contributed by atoms with Crippen molar-refractivity contribution < 1.29 is 0 Å². The van der Waals surface area contributed by atoms with E-state index < -0.39 is 0 Å². The van der Waals surface area contributed by atoms with Gasteiger partial charge in [0.15, 0.2) is 0 Å². The summed E-state index contributed by atoms with van der Waals surface area (Å²) < 4.78 is 0. The molecule has 2 aromatic heterocycles. The highest BCUT2D eigenvalue weighted by molar-refractivity contribution is 5.53. The number of anilines is 1. The van der Waals surface area contributed by atoms with Crippen molar-refractivity contribution in [2.45, 2.75) is 12.6 Å². The van der Waals surface area contributed by atoms with E-state index in [1.165, 1.54) is 11.1 Å². The monoisotopic (exact) mass is 469 g/mol. The first-order chi connectivity index (χ1) is 17.0.